The molecule has 3 aromatic rings. The molecule has 0 atom stereocenters. The van der Waals surface area contributed by atoms with E-state index in [-0.39, 0.29) is 16.8 Å². The highest BCUT2D eigenvalue weighted by atomic mass is 35.5. The van der Waals surface area contributed by atoms with Crippen LogP contribution in [0.2, 0.25) is 5.02 Å². The van der Waals surface area contributed by atoms with Crippen molar-refractivity contribution in [3.63, 3.8) is 0 Å². The summed E-state index contributed by atoms with van der Waals surface area (Å²) in [5, 5.41) is 7.84. The number of halogens is 1. The number of carbonyl (C=O) groups excluding carboxylic acids is 2. The number of carbonyl (C=O) groups is 2. The number of rotatable bonds is 6. The van der Waals surface area contributed by atoms with Gasteiger partial charge in [0.25, 0.3) is 11.8 Å². The van der Waals surface area contributed by atoms with Gasteiger partial charge in [-0.3, -0.25) is 9.59 Å². The van der Waals surface area contributed by atoms with Crippen LogP contribution in [0.1, 0.15) is 20.7 Å². The summed E-state index contributed by atoms with van der Waals surface area (Å²) < 4.78 is 4.89. The summed E-state index contributed by atoms with van der Waals surface area (Å²) in [6, 6.07) is 18.2. The SMILES string of the molecule is COCCNC(=O)c1ccc(NC(=O)c2ccc3ccccc3c2)cc1Cl. The topological polar surface area (TPSA) is 67.4 Å². The maximum atomic E-state index is 12.5. The van der Waals surface area contributed by atoms with E-state index in [1.54, 1.807) is 31.4 Å². The van der Waals surface area contributed by atoms with Gasteiger partial charge in [-0.1, -0.05) is 41.9 Å². The van der Waals surface area contributed by atoms with Gasteiger partial charge in [0.15, 0.2) is 0 Å². The Balaban J connectivity index is 1.72. The summed E-state index contributed by atoms with van der Waals surface area (Å²) in [4.78, 5) is 24.6. The number of anilines is 1. The normalized spacial score (nSPS) is 10.6. The van der Waals surface area contributed by atoms with Crippen molar-refractivity contribution < 1.29 is 14.3 Å². The zero-order valence-corrected chi connectivity index (χ0v) is 15.5. The van der Waals surface area contributed by atoms with E-state index in [1.165, 1.54) is 0 Å². The largest absolute Gasteiger partial charge is 0.383 e. The van der Waals surface area contributed by atoms with Gasteiger partial charge in [0.2, 0.25) is 0 Å². The zero-order chi connectivity index (χ0) is 19.2. The molecule has 0 spiro atoms. The van der Waals surface area contributed by atoms with Crippen molar-refractivity contribution in [2.45, 2.75) is 0 Å². The summed E-state index contributed by atoms with van der Waals surface area (Å²) >= 11 is 6.20. The van der Waals surface area contributed by atoms with Gasteiger partial charge in [-0.2, -0.15) is 0 Å². The van der Waals surface area contributed by atoms with Gasteiger partial charge < -0.3 is 15.4 Å². The number of fused-ring (bicyclic) bond motifs is 1. The molecule has 0 unspecified atom stereocenters. The van der Waals surface area contributed by atoms with Crippen molar-refractivity contribution in [2.75, 3.05) is 25.6 Å². The third-order valence-electron chi connectivity index (χ3n) is 4.07. The Morgan fingerprint density at radius 2 is 1.74 bits per heavy atom. The van der Waals surface area contributed by atoms with E-state index in [4.69, 9.17) is 16.3 Å². The molecule has 0 bridgehead atoms. The molecule has 0 aromatic heterocycles. The Kier molecular flexibility index (Phi) is 6.06. The summed E-state index contributed by atoms with van der Waals surface area (Å²) in [5.41, 5.74) is 1.41. The fourth-order valence-electron chi connectivity index (χ4n) is 2.67. The Morgan fingerprint density at radius 3 is 2.48 bits per heavy atom. The number of benzene rings is 3. The van der Waals surface area contributed by atoms with Gasteiger partial charge in [0.05, 0.1) is 17.2 Å². The molecule has 0 saturated heterocycles. The van der Waals surface area contributed by atoms with Crippen LogP contribution in [0.25, 0.3) is 10.8 Å². The second-order valence-corrected chi connectivity index (χ2v) is 6.37. The third-order valence-corrected chi connectivity index (χ3v) is 4.39. The monoisotopic (exact) mass is 382 g/mol. The fraction of sp³-hybridized carbons (Fsp3) is 0.143. The second kappa shape index (κ2) is 8.66. The molecule has 2 N–H and O–H groups in total. The van der Waals surface area contributed by atoms with Crippen LogP contribution < -0.4 is 10.6 Å². The number of amides is 2. The molecular weight excluding hydrogens is 364 g/mol. The molecule has 27 heavy (non-hydrogen) atoms. The van der Waals surface area contributed by atoms with Crippen LogP contribution in [-0.4, -0.2) is 32.1 Å². The minimum absolute atomic E-state index is 0.242. The molecule has 3 aromatic carbocycles. The van der Waals surface area contributed by atoms with E-state index in [2.05, 4.69) is 10.6 Å². The molecule has 0 radical (unpaired) electrons. The van der Waals surface area contributed by atoms with Crippen molar-refractivity contribution in [3.8, 4) is 0 Å². The number of methoxy groups -OCH3 is 1. The standard InChI is InChI=1S/C21H19ClN2O3/c1-27-11-10-23-21(26)18-9-8-17(13-19(18)22)24-20(25)16-7-6-14-4-2-3-5-15(14)12-16/h2-9,12-13H,10-11H2,1H3,(H,23,26)(H,24,25). The van der Waals surface area contributed by atoms with E-state index < -0.39 is 0 Å². The molecule has 3 rings (SSSR count). The minimum atomic E-state index is -0.288. The van der Waals surface area contributed by atoms with Crippen LogP contribution in [-0.2, 0) is 4.74 Å². The van der Waals surface area contributed by atoms with E-state index in [0.29, 0.717) is 30.0 Å². The first-order valence-electron chi connectivity index (χ1n) is 8.45. The molecule has 0 aliphatic carbocycles. The first-order chi connectivity index (χ1) is 13.1. The lowest BCUT2D eigenvalue weighted by Gasteiger charge is -2.10. The fourth-order valence-corrected chi connectivity index (χ4v) is 2.94. The summed E-state index contributed by atoms with van der Waals surface area (Å²) in [5.74, 6) is -0.529. The molecule has 0 aliphatic rings. The molecule has 0 heterocycles. The smallest absolute Gasteiger partial charge is 0.255 e. The minimum Gasteiger partial charge on any atom is -0.383 e. The van der Waals surface area contributed by atoms with E-state index in [0.717, 1.165) is 10.8 Å². The van der Waals surface area contributed by atoms with Crippen molar-refractivity contribution in [2.24, 2.45) is 0 Å². The van der Waals surface area contributed by atoms with Gasteiger partial charge >= 0.3 is 0 Å². The van der Waals surface area contributed by atoms with Crippen LogP contribution in [0.3, 0.4) is 0 Å². The van der Waals surface area contributed by atoms with E-state index in [1.807, 2.05) is 36.4 Å². The van der Waals surface area contributed by atoms with E-state index >= 15 is 0 Å². The van der Waals surface area contributed by atoms with Crippen molar-refractivity contribution >= 4 is 39.9 Å². The lowest BCUT2D eigenvalue weighted by molar-refractivity contribution is 0.0937. The highest BCUT2D eigenvalue weighted by Gasteiger charge is 2.12. The molecule has 138 valence electrons. The second-order valence-electron chi connectivity index (χ2n) is 5.96. The van der Waals surface area contributed by atoms with Crippen LogP contribution >= 0.6 is 11.6 Å². The number of nitrogens with one attached hydrogen (secondary N) is 2. The first-order valence-corrected chi connectivity index (χ1v) is 8.83. The Bertz CT molecular complexity index is 988. The van der Waals surface area contributed by atoms with E-state index in [9.17, 15) is 9.59 Å². The number of hydrogen-bond acceptors (Lipinski definition) is 3. The van der Waals surface area contributed by atoms with Crippen molar-refractivity contribution in [1.82, 2.24) is 5.32 Å². The van der Waals surface area contributed by atoms with Crippen LogP contribution in [0.15, 0.2) is 60.7 Å². The molecule has 0 aliphatic heterocycles. The molecule has 2 amide bonds. The number of hydrogen-bond donors (Lipinski definition) is 2. The zero-order valence-electron chi connectivity index (χ0n) is 14.8. The highest BCUT2D eigenvalue weighted by molar-refractivity contribution is 6.34. The van der Waals surface area contributed by atoms with Gasteiger partial charge in [0.1, 0.15) is 0 Å². The third kappa shape index (κ3) is 4.64. The first kappa shape index (κ1) is 18.9. The molecule has 6 heteroatoms. The highest BCUT2D eigenvalue weighted by Crippen LogP contribution is 2.22. The van der Waals surface area contributed by atoms with Crippen LogP contribution in [0.5, 0.6) is 0 Å². The van der Waals surface area contributed by atoms with Gasteiger partial charge in [0, 0.05) is 24.9 Å². The summed E-state index contributed by atoms with van der Waals surface area (Å²) in [6.45, 7) is 0.815. The lowest BCUT2D eigenvalue weighted by Crippen LogP contribution is -2.27. The predicted molar refractivity (Wildman–Crippen MR) is 108 cm³/mol. The molecular formula is C21H19ClN2O3. The van der Waals surface area contributed by atoms with Gasteiger partial charge in [-0.25, -0.2) is 0 Å². The van der Waals surface area contributed by atoms with Crippen molar-refractivity contribution in [3.05, 3.63) is 76.8 Å². The molecule has 0 fully saturated rings. The Labute approximate surface area is 162 Å². The van der Waals surface area contributed by atoms with Crippen LogP contribution in [0.4, 0.5) is 5.69 Å². The van der Waals surface area contributed by atoms with Gasteiger partial charge in [-0.15, -0.1) is 0 Å². The lowest BCUT2D eigenvalue weighted by atomic mass is 10.1. The predicted octanol–water partition coefficient (Wildman–Crippen LogP) is 4.12. The average Bonchev–Trinajstić information content (AvgIpc) is 2.67. The summed E-state index contributed by atoms with van der Waals surface area (Å²) in [7, 11) is 1.56. The maximum absolute atomic E-state index is 12.5. The Morgan fingerprint density at radius 1 is 0.963 bits per heavy atom. The molecule has 5 nitrogen and oxygen atoms in total. The average molecular weight is 383 g/mol. The Hall–Kier alpha value is -2.89. The molecule has 0 saturated carbocycles. The van der Waals surface area contributed by atoms with Gasteiger partial charge in [-0.05, 0) is 41.1 Å². The summed E-state index contributed by atoms with van der Waals surface area (Å²) in [6.07, 6.45) is 0. The van der Waals surface area contributed by atoms with Crippen LogP contribution in [0, 0.1) is 0 Å². The number of ether oxygens (including phenoxy) is 1. The maximum Gasteiger partial charge on any atom is 0.255 e. The quantitative estimate of drug-likeness (QED) is 0.630. The van der Waals surface area contributed by atoms with Crippen molar-refractivity contribution in [1.29, 1.82) is 0 Å².